The molecule has 0 unspecified atom stereocenters. The Bertz CT molecular complexity index is 847. The standard InChI is InChI=1S/C17H14BrN3O2S/c1-21(16(22)12-5-9-14(23-2)10-6-12)17-20-19-15(24-17)11-3-7-13(18)8-4-11/h3-10H,1-2H3. The molecule has 1 aromatic heterocycles. The first-order valence-corrected chi connectivity index (χ1v) is 8.71. The summed E-state index contributed by atoms with van der Waals surface area (Å²) in [5.41, 5.74) is 1.53. The quantitative estimate of drug-likeness (QED) is 0.653. The van der Waals surface area contributed by atoms with Crippen molar-refractivity contribution in [3.8, 4) is 16.3 Å². The normalized spacial score (nSPS) is 10.5. The van der Waals surface area contributed by atoms with Gasteiger partial charge in [-0.25, -0.2) is 0 Å². The van der Waals surface area contributed by atoms with Gasteiger partial charge in [0.1, 0.15) is 10.8 Å². The Morgan fingerprint density at radius 1 is 1.08 bits per heavy atom. The maximum Gasteiger partial charge on any atom is 0.259 e. The maximum atomic E-state index is 12.6. The van der Waals surface area contributed by atoms with Gasteiger partial charge in [-0.15, -0.1) is 10.2 Å². The summed E-state index contributed by atoms with van der Waals surface area (Å²) in [4.78, 5) is 14.1. The third kappa shape index (κ3) is 3.47. The Kier molecular flexibility index (Phi) is 4.92. The lowest BCUT2D eigenvalue weighted by molar-refractivity contribution is 0.0993. The number of anilines is 1. The van der Waals surface area contributed by atoms with Crippen molar-refractivity contribution in [1.82, 2.24) is 10.2 Å². The van der Waals surface area contributed by atoms with Gasteiger partial charge in [-0.2, -0.15) is 0 Å². The molecule has 5 nitrogen and oxygen atoms in total. The highest BCUT2D eigenvalue weighted by Gasteiger charge is 2.18. The van der Waals surface area contributed by atoms with Gasteiger partial charge in [0, 0.05) is 22.6 Å². The molecule has 0 radical (unpaired) electrons. The number of rotatable bonds is 4. The topological polar surface area (TPSA) is 55.3 Å². The van der Waals surface area contributed by atoms with Crippen molar-refractivity contribution < 1.29 is 9.53 Å². The molecule has 122 valence electrons. The highest BCUT2D eigenvalue weighted by Crippen LogP contribution is 2.29. The molecule has 1 heterocycles. The van der Waals surface area contributed by atoms with Crippen LogP contribution < -0.4 is 9.64 Å². The van der Waals surface area contributed by atoms with E-state index in [1.165, 1.54) is 16.2 Å². The van der Waals surface area contributed by atoms with Crippen LogP contribution in [-0.4, -0.2) is 30.3 Å². The minimum Gasteiger partial charge on any atom is -0.497 e. The molecule has 0 saturated carbocycles. The Balaban J connectivity index is 1.80. The van der Waals surface area contributed by atoms with Crippen LogP contribution in [0.3, 0.4) is 0 Å². The summed E-state index contributed by atoms with van der Waals surface area (Å²) in [6.07, 6.45) is 0. The molecule has 3 aromatic rings. The summed E-state index contributed by atoms with van der Waals surface area (Å²) in [5, 5.41) is 9.63. The minimum absolute atomic E-state index is 0.142. The Morgan fingerprint density at radius 3 is 2.38 bits per heavy atom. The largest absolute Gasteiger partial charge is 0.497 e. The number of aromatic nitrogens is 2. The Labute approximate surface area is 152 Å². The van der Waals surface area contributed by atoms with Crippen LogP contribution in [0.1, 0.15) is 10.4 Å². The first kappa shape index (κ1) is 16.6. The molecule has 0 N–H and O–H groups in total. The number of methoxy groups -OCH3 is 1. The van der Waals surface area contributed by atoms with Crippen LogP contribution in [0.5, 0.6) is 5.75 Å². The van der Waals surface area contributed by atoms with E-state index in [1.807, 2.05) is 24.3 Å². The molecule has 0 saturated heterocycles. The molecule has 0 spiro atoms. The first-order chi connectivity index (χ1) is 11.6. The van der Waals surface area contributed by atoms with E-state index < -0.39 is 0 Å². The summed E-state index contributed by atoms with van der Waals surface area (Å²) in [6, 6.07) is 14.8. The lowest BCUT2D eigenvalue weighted by Crippen LogP contribution is -2.26. The molecule has 0 aliphatic carbocycles. The lowest BCUT2D eigenvalue weighted by atomic mass is 10.2. The van der Waals surface area contributed by atoms with E-state index in [0.29, 0.717) is 16.4 Å². The monoisotopic (exact) mass is 403 g/mol. The average molecular weight is 404 g/mol. The Hall–Kier alpha value is -2.25. The van der Waals surface area contributed by atoms with Crippen LogP contribution in [-0.2, 0) is 0 Å². The molecular formula is C17H14BrN3O2S. The minimum atomic E-state index is -0.142. The molecule has 0 atom stereocenters. The van der Waals surface area contributed by atoms with Gasteiger partial charge < -0.3 is 4.74 Å². The van der Waals surface area contributed by atoms with Gasteiger partial charge in [-0.1, -0.05) is 39.4 Å². The molecule has 0 aliphatic heterocycles. The van der Waals surface area contributed by atoms with E-state index in [9.17, 15) is 4.79 Å². The fourth-order valence-corrected chi connectivity index (χ4v) is 3.15. The second-order valence-electron chi connectivity index (χ2n) is 4.99. The number of nitrogens with zero attached hydrogens (tertiary/aromatic N) is 3. The van der Waals surface area contributed by atoms with Crippen molar-refractivity contribution in [3.63, 3.8) is 0 Å². The molecule has 1 amide bonds. The van der Waals surface area contributed by atoms with Crippen LogP contribution in [0.2, 0.25) is 0 Å². The number of benzene rings is 2. The van der Waals surface area contributed by atoms with E-state index >= 15 is 0 Å². The highest BCUT2D eigenvalue weighted by molar-refractivity contribution is 9.10. The zero-order valence-corrected chi connectivity index (χ0v) is 15.5. The van der Waals surface area contributed by atoms with Crippen molar-refractivity contribution in [2.75, 3.05) is 19.1 Å². The third-order valence-electron chi connectivity index (χ3n) is 3.43. The van der Waals surface area contributed by atoms with E-state index in [4.69, 9.17) is 4.74 Å². The smallest absolute Gasteiger partial charge is 0.259 e. The van der Waals surface area contributed by atoms with Gasteiger partial charge in [0.2, 0.25) is 5.13 Å². The summed E-state index contributed by atoms with van der Waals surface area (Å²) >= 11 is 4.78. The fourth-order valence-electron chi connectivity index (χ4n) is 2.07. The zero-order chi connectivity index (χ0) is 17.1. The van der Waals surface area contributed by atoms with E-state index in [0.717, 1.165) is 15.0 Å². The fraction of sp³-hybridized carbons (Fsp3) is 0.118. The van der Waals surface area contributed by atoms with Crippen molar-refractivity contribution >= 4 is 38.3 Å². The predicted molar refractivity (Wildman–Crippen MR) is 98.8 cm³/mol. The Morgan fingerprint density at radius 2 is 1.75 bits per heavy atom. The molecule has 3 rings (SSSR count). The second-order valence-corrected chi connectivity index (χ2v) is 6.86. The van der Waals surface area contributed by atoms with Crippen molar-refractivity contribution in [2.24, 2.45) is 0 Å². The molecule has 0 bridgehead atoms. The lowest BCUT2D eigenvalue weighted by Gasteiger charge is -2.13. The van der Waals surface area contributed by atoms with Crippen molar-refractivity contribution in [2.45, 2.75) is 0 Å². The number of amides is 1. The second kappa shape index (κ2) is 7.11. The molecule has 2 aromatic carbocycles. The SMILES string of the molecule is COc1ccc(C(=O)N(C)c2nnc(-c3ccc(Br)cc3)s2)cc1. The maximum absolute atomic E-state index is 12.6. The van der Waals surface area contributed by atoms with Gasteiger partial charge >= 0.3 is 0 Å². The van der Waals surface area contributed by atoms with Gasteiger partial charge in [0.15, 0.2) is 0 Å². The average Bonchev–Trinajstić information content (AvgIpc) is 3.11. The van der Waals surface area contributed by atoms with Crippen LogP contribution >= 0.6 is 27.3 Å². The third-order valence-corrected chi connectivity index (χ3v) is 5.01. The number of halogens is 1. The molecule has 0 fully saturated rings. The summed E-state index contributed by atoms with van der Waals surface area (Å²) in [5.74, 6) is 0.568. The van der Waals surface area contributed by atoms with Crippen LogP contribution in [0.15, 0.2) is 53.0 Å². The molecular weight excluding hydrogens is 390 g/mol. The van der Waals surface area contributed by atoms with Gasteiger partial charge in [0.05, 0.1) is 7.11 Å². The first-order valence-electron chi connectivity index (χ1n) is 7.10. The van der Waals surface area contributed by atoms with E-state index in [-0.39, 0.29) is 5.91 Å². The summed E-state index contributed by atoms with van der Waals surface area (Å²) in [7, 11) is 3.28. The van der Waals surface area contributed by atoms with Gasteiger partial charge in [0.25, 0.3) is 5.91 Å². The summed E-state index contributed by atoms with van der Waals surface area (Å²) in [6.45, 7) is 0. The zero-order valence-electron chi connectivity index (χ0n) is 13.1. The molecule has 24 heavy (non-hydrogen) atoms. The van der Waals surface area contributed by atoms with E-state index in [2.05, 4.69) is 26.1 Å². The van der Waals surface area contributed by atoms with Crippen LogP contribution in [0, 0.1) is 0 Å². The van der Waals surface area contributed by atoms with E-state index in [1.54, 1.807) is 38.4 Å². The van der Waals surface area contributed by atoms with Crippen molar-refractivity contribution in [1.29, 1.82) is 0 Å². The number of carbonyl (C=O) groups is 1. The van der Waals surface area contributed by atoms with Crippen LogP contribution in [0.25, 0.3) is 10.6 Å². The molecule has 7 heteroatoms. The van der Waals surface area contributed by atoms with Gasteiger partial charge in [-0.3, -0.25) is 9.69 Å². The number of hydrogen-bond acceptors (Lipinski definition) is 5. The molecule has 0 aliphatic rings. The van der Waals surface area contributed by atoms with Crippen LogP contribution in [0.4, 0.5) is 5.13 Å². The number of carbonyl (C=O) groups excluding carboxylic acids is 1. The highest BCUT2D eigenvalue weighted by atomic mass is 79.9. The summed E-state index contributed by atoms with van der Waals surface area (Å²) < 4.78 is 6.11. The predicted octanol–water partition coefficient (Wildman–Crippen LogP) is 4.25. The number of ether oxygens (including phenoxy) is 1. The van der Waals surface area contributed by atoms with Crippen molar-refractivity contribution in [3.05, 3.63) is 58.6 Å². The van der Waals surface area contributed by atoms with Gasteiger partial charge in [-0.05, 0) is 36.4 Å². The number of hydrogen-bond donors (Lipinski definition) is 0.